The highest BCUT2D eigenvalue weighted by Crippen LogP contribution is 2.41. The maximum absolute atomic E-state index is 12.8. The van der Waals surface area contributed by atoms with Crippen LogP contribution in [0.5, 0.6) is 0 Å². The highest BCUT2D eigenvalue weighted by atomic mass is 35.5. The first-order valence-corrected chi connectivity index (χ1v) is 10.8. The number of hydrogen-bond acceptors (Lipinski definition) is 5. The van der Waals surface area contributed by atoms with Crippen LogP contribution >= 0.6 is 23.2 Å². The Morgan fingerprint density at radius 1 is 1.15 bits per heavy atom. The average Bonchev–Trinajstić information content (AvgIpc) is 2.59. The van der Waals surface area contributed by atoms with Gasteiger partial charge >= 0.3 is 10.1 Å². The van der Waals surface area contributed by atoms with Crippen molar-refractivity contribution in [3.05, 3.63) is 41.5 Å². The van der Waals surface area contributed by atoms with E-state index in [0.717, 1.165) is 5.56 Å². The average molecular weight is 432 g/mol. The predicted molar refractivity (Wildman–Crippen MR) is 108 cm³/mol. The molecule has 0 aromatic heterocycles. The zero-order valence-electron chi connectivity index (χ0n) is 15.9. The van der Waals surface area contributed by atoms with Crippen LogP contribution in [-0.2, 0) is 19.2 Å². The lowest BCUT2D eigenvalue weighted by Gasteiger charge is -2.38. The maximum atomic E-state index is 12.8. The fourth-order valence-corrected chi connectivity index (χ4v) is 4.16. The van der Waals surface area contributed by atoms with Crippen molar-refractivity contribution in [3.8, 4) is 0 Å². The van der Waals surface area contributed by atoms with Gasteiger partial charge in [-0.2, -0.15) is 8.42 Å². The zero-order valence-corrected chi connectivity index (χ0v) is 18.2. The largest absolute Gasteiger partial charge is 0.358 e. The molecule has 0 amide bonds. The molecule has 0 radical (unpaired) electrons. The molecule has 0 saturated heterocycles. The number of Topliss-reactive ketones (excluding diaryl/α,β-unsaturated/α-hetero) is 1. The quantitative estimate of drug-likeness (QED) is 0.509. The summed E-state index contributed by atoms with van der Waals surface area (Å²) in [7, 11) is -4.11. The molecule has 0 spiro atoms. The van der Waals surface area contributed by atoms with Gasteiger partial charge in [0.25, 0.3) is 0 Å². The minimum atomic E-state index is -4.11. The summed E-state index contributed by atoms with van der Waals surface area (Å²) in [6.07, 6.45) is 1.47. The summed E-state index contributed by atoms with van der Waals surface area (Å²) < 4.78 is 29.6. The van der Waals surface area contributed by atoms with E-state index in [1.807, 2.05) is 20.8 Å². The van der Waals surface area contributed by atoms with Gasteiger partial charge in [-0.15, -0.1) is 23.2 Å². The molecule has 148 valence electrons. The Hall–Kier alpha value is -1.37. The smallest absolute Gasteiger partial charge is 0.292 e. The lowest BCUT2D eigenvalue weighted by molar-refractivity contribution is -0.119. The third-order valence-electron chi connectivity index (χ3n) is 4.55. The summed E-state index contributed by atoms with van der Waals surface area (Å²) >= 11 is 13.1. The van der Waals surface area contributed by atoms with Crippen LogP contribution in [0.3, 0.4) is 0 Å². The molecule has 27 heavy (non-hydrogen) atoms. The number of carbonyl (C=O) groups excluding carboxylic acids is 1. The van der Waals surface area contributed by atoms with E-state index in [9.17, 15) is 13.2 Å². The molecule has 0 bridgehead atoms. The second-order valence-corrected chi connectivity index (χ2v) is 9.82. The SMILES string of the molecule is Cc1ccc(S(=O)(=O)ON=C2C=C(C(C)C)C(=O)C(Cl)(C(C)C)C2Cl)cc1. The third-order valence-corrected chi connectivity index (χ3v) is 7.18. The van der Waals surface area contributed by atoms with Crippen LogP contribution in [0.25, 0.3) is 0 Å². The summed E-state index contributed by atoms with van der Waals surface area (Å²) in [5.74, 6) is -0.692. The second-order valence-electron chi connectivity index (χ2n) is 7.23. The van der Waals surface area contributed by atoms with Crippen LogP contribution in [-0.4, -0.2) is 30.2 Å². The maximum Gasteiger partial charge on any atom is 0.358 e. The number of allylic oxidation sites excluding steroid dienone is 2. The number of halogens is 2. The van der Waals surface area contributed by atoms with Gasteiger partial charge in [0, 0.05) is 5.57 Å². The summed E-state index contributed by atoms with van der Waals surface area (Å²) in [4.78, 5) is 11.4. The van der Waals surface area contributed by atoms with Crippen LogP contribution in [0.1, 0.15) is 33.3 Å². The molecular weight excluding hydrogens is 409 g/mol. The topological polar surface area (TPSA) is 72.8 Å². The van der Waals surface area contributed by atoms with E-state index < -0.39 is 20.4 Å². The Kier molecular flexibility index (Phi) is 6.44. The molecule has 1 aliphatic rings. The minimum Gasteiger partial charge on any atom is -0.292 e. The van der Waals surface area contributed by atoms with Crippen molar-refractivity contribution in [2.75, 3.05) is 0 Å². The normalized spacial score (nSPS) is 25.2. The summed E-state index contributed by atoms with van der Waals surface area (Å²) in [6, 6.07) is 6.18. The molecular formula is C19H23Cl2NO4S. The number of alkyl halides is 2. The number of carbonyl (C=O) groups is 1. The number of aryl methyl sites for hydroxylation is 1. The first kappa shape index (κ1) is 21.9. The number of nitrogens with zero attached hydrogens (tertiary/aromatic N) is 1. The van der Waals surface area contributed by atoms with Gasteiger partial charge in [-0.1, -0.05) is 50.5 Å². The molecule has 1 aliphatic carbocycles. The molecule has 0 aliphatic heterocycles. The molecule has 1 aromatic carbocycles. The van der Waals surface area contributed by atoms with E-state index in [4.69, 9.17) is 27.5 Å². The molecule has 2 unspecified atom stereocenters. The van der Waals surface area contributed by atoms with Crippen molar-refractivity contribution in [1.29, 1.82) is 0 Å². The van der Waals surface area contributed by atoms with Gasteiger partial charge in [0.1, 0.15) is 20.9 Å². The van der Waals surface area contributed by atoms with Crippen molar-refractivity contribution >= 4 is 44.8 Å². The first-order valence-electron chi connectivity index (χ1n) is 8.58. The number of ketones is 1. The number of hydrogen-bond donors (Lipinski definition) is 0. The molecule has 2 rings (SSSR count). The van der Waals surface area contributed by atoms with Crippen LogP contribution in [0.2, 0.25) is 0 Å². The van der Waals surface area contributed by atoms with Gasteiger partial charge in [0.05, 0.1) is 0 Å². The molecule has 5 nitrogen and oxygen atoms in total. The highest BCUT2D eigenvalue weighted by Gasteiger charge is 2.52. The van der Waals surface area contributed by atoms with Crippen LogP contribution in [0, 0.1) is 18.8 Å². The van der Waals surface area contributed by atoms with E-state index in [0.29, 0.717) is 5.57 Å². The van der Waals surface area contributed by atoms with Gasteiger partial charge in [-0.05, 0) is 37.0 Å². The van der Waals surface area contributed by atoms with Crippen molar-refractivity contribution < 1.29 is 17.5 Å². The molecule has 8 heteroatoms. The molecule has 0 N–H and O–H groups in total. The van der Waals surface area contributed by atoms with E-state index in [1.165, 1.54) is 18.2 Å². The standard InChI is InChI=1S/C19H23Cl2NO4S/c1-11(2)15-10-16(17(20)19(21,12(3)4)18(15)23)22-26-27(24,25)14-8-6-13(5)7-9-14/h6-12,17H,1-5H3. The predicted octanol–water partition coefficient (Wildman–Crippen LogP) is 4.46. The molecule has 1 aromatic rings. The van der Waals surface area contributed by atoms with E-state index in [1.54, 1.807) is 26.0 Å². The number of oxime groups is 1. The van der Waals surface area contributed by atoms with Crippen LogP contribution < -0.4 is 0 Å². The summed E-state index contributed by atoms with van der Waals surface area (Å²) in [6.45, 7) is 9.10. The van der Waals surface area contributed by atoms with Gasteiger partial charge < -0.3 is 0 Å². The van der Waals surface area contributed by atoms with Gasteiger partial charge in [-0.25, -0.2) is 0 Å². The molecule has 0 heterocycles. The fourth-order valence-electron chi connectivity index (χ4n) is 2.75. The Morgan fingerprint density at radius 3 is 2.19 bits per heavy atom. The van der Waals surface area contributed by atoms with E-state index >= 15 is 0 Å². The second kappa shape index (κ2) is 7.94. The Balaban J connectivity index is 2.45. The lowest BCUT2D eigenvalue weighted by atomic mass is 9.75. The lowest BCUT2D eigenvalue weighted by Crippen LogP contribution is -2.53. The molecule has 0 fully saturated rings. The Labute approximate surface area is 170 Å². The van der Waals surface area contributed by atoms with Crippen LogP contribution in [0.4, 0.5) is 0 Å². The Morgan fingerprint density at radius 2 is 1.70 bits per heavy atom. The van der Waals surface area contributed by atoms with Crippen molar-refractivity contribution in [2.45, 2.75) is 49.8 Å². The summed E-state index contributed by atoms with van der Waals surface area (Å²) in [5, 5.41) is 2.74. The highest BCUT2D eigenvalue weighted by molar-refractivity contribution is 7.86. The van der Waals surface area contributed by atoms with E-state index in [-0.39, 0.29) is 28.2 Å². The summed E-state index contributed by atoms with van der Waals surface area (Å²) in [5.41, 5.74) is 1.46. The Bertz CT molecular complexity index is 889. The van der Waals surface area contributed by atoms with Crippen molar-refractivity contribution in [1.82, 2.24) is 0 Å². The first-order chi connectivity index (χ1) is 12.4. The molecule has 0 saturated carbocycles. The molecule has 2 atom stereocenters. The number of rotatable bonds is 5. The van der Waals surface area contributed by atoms with Gasteiger partial charge in [0.15, 0.2) is 5.78 Å². The van der Waals surface area contributed by atoms with Gasteiger partial charge in [0.2, 0.25) is 0 Å². The van der Waals surface area contributed by atoms with Crippen LogP contribution in [0.15, 0.2) is 46.0 Å². The third kappa shape index (κ3) is 4.23. The zero-order chi connectivity index (χ0) is 20.6. The van der Waals surface area contributed by atoms with Crippen molar-refractivity contribution in [2.24, 2.45) is 17.0 Å². The van der Waals surface area contributed by atoms with E-state index in [2.05, 4.69) is 5.16 Å². The monoisotopic (exact) mass is 431 g/mol. The number of benzene rings is 1. The minimum absolute atomic E-state index is 0.0236. The van der Waals surface area contributed by atoms with Gasteiger partial charge in [-0.3, -0.25) is 9.08 Å². The fraction of sp³-hybridized carbons (Fsp3) is 0.474. The van der Waals surface area contributed by atoms with Crippen molar-refractivity contribution in [3.63, 3.8) is 0 Å².